The van der Waals surface area contributed by atoms with Gasteiger partial charge in [-0.3, -0.25) is 4.79 Å². The van der Waals surface area contributed by atoms with Crippen LogP contribution in [-0.2, 0) is 17.9 Å². The number of hydrogen-bond acceptors (Lipinski definition) is 4. The average Bonchev–Trinajstić information content (AvgIpc) is 2.65. The van der Waals surface area contributed by atoms with Crippen molar-refractivity contribution in [2.24, 2.45) is 5.92 Å². The average molecular weight is 426 g/mol. The van der Waals surface area contributed by atoms with Crippen molar-refractivity contribution in [1.29, 1.82) is 0 Å². The Labute approximate surface area is 175 Å². The molecule has 2 N–H and O–H groups in total. The Morgan fingerprint density at radius 2 is 1.82 bits per heavy atom. The Bertz CT molecular complexity index is 794. The zero-order valence-electron chi connectivity index (χ0n) is 16.2. The number of halogens is 2. The summed E-state index contributed by atoms with van der Waals surface area (Å²) in [6.07, 6.45) is 0.534. The summed E-state index contributed by atoms with van der Waals surface area (Å²) in [6.45, 7) is 4.63. The van der Waals surface area contributed by atoms with E-state index < -0.39 is 12.0 Å². The zero-order valence-corrected chi connectivity index (χ0v) is 17.7. The van der Waals surface area contributed by atoms with Gasteiger partial charge in [0, 0.05) is 22.7 Å². The van der Waals surface area contributed by atoms with Gasteiger partial charge in [-0.25, -0.2) is 0 Å². The number of carbonyl (C=O) groups is 1. The molecule has 0 spiro atoms. The molecule has 1 unspecified atom stereocenters. The van der Waals surface area contributed by atoms with Crippen molar-refractivity contribution in [3.63, 3.8) is 0 Å². The summed E-state index contributed by atoms with van der Waals surface area (Å²) in [5.74, 6) is 0.441. The van der Waals surface area contributed by atoms with Crippen LogP contribution >= 0.6 is 23.2 Å². The minimum absolute atomic E-state index is 0.266. The molecule has 0 bridgehead atoms. The van der Waals surface area contributed by atoms with Gasteiger partial charge in [-0.15, -0.1) is 0 Å². The van der Waals surface area contributed by atoms with Gasteiger partial charge in [0.15, 0.2) is 11.5 Å². The van der Waals surface area contributed by atoms with Crippen molar-refractivity contribution in [3.8, 4) is 11.5 Å². The van der Waals surface area contributed by atoms with E-state index in [0.717, 1.165) is 11.1 Å². The first-order valence-corrected chi connectivity index (χ1v) is 9.75. The second-order valence-electron chi connectivity index (χ2n) is 6.91. The van der Waals surface area contributed by atoms with Crippen LogP contribution in [0.15, 0.2) is 36.4 Å². The molecule has 0 aliphatic rings. The van der Waals surface area contributed by atoms with Crippen molar-refractivity contribution in [2.75, 3.05) is 7.11 Å². The van der Waals surface area contributed by atoms with Gasteiger partial charge in [-0.2, -0.15) is 0 Å². The van der Waals surface area contributed by atoms with Gasteiger partial charge in [0.05, 0.1) is 7.11 Å². The standard InChI is InChI=1S/C21H25Cl2NO4/c1-13(2)8-18(21(25)26)24-11-15-9-19(27-3)20(10-17(15)23)28-12-14-4-6-16(22)7-5-14/h4-7,9-10,13,18,24H,8,11-12H2,1-3H3,(H,25,26). The lowest BCUT2D eigenvalue weighted by Crippen LogP contribution is -2.37. The fourth-order valence-electron chi connectivity index (χ4n) is 2.70. The van der Waals surface area contributed by atoms with Gasteiger partial charge >= 0.3 is 5.97 Å². The number of benzene rings is 2. The summed E-state index contributed by atoms with van der Waals surface area (Å²) in [7, 11) is 1.55. The summed E-state index contributed by atoms with van der Waals surface area (Å²) < 4.78 is 11.3. The highest BCUT2D eigenvalue weighted by Gasteiger charge is 2.19. The molecule has 0 radical (unpaired) electrons. The quantitative estimate of drug-likeness (QED) is 0.549. The minimum Gasteiger partial charge on any atom is -0.493 e. The summed E-state index contributed by atoms with van der Waals surface area (Å²) in [6, 6.07) is 10.2. The normalized spacial score (nSPS) is 12.1. The number of carboxylic acid groups (broad SMARTS) is 1. The molecule has 0 aromatic heterocycles. The van der Waals surface area contributed by atoms with E-state index in [1.807, 2.05) is 26.0 Å². The van der Waals surface area contributed by atoms with Crippen molar-refractivity contribution in [1.82, 2.24) is 5.32 Å². The van der Waals surface area contributed by atoms with E-state index in [9.17, 15) is 9.90 Å². The summed E-state index contributed by atoms with van der Waals surface area (Å²) in [4.78, 5) is 11.4. The molecule has 5 nitrogen and oxygen atoms in total. The van der Waals surface area contributed by atoms with E-state index in [1.165, 1.54) is 0 Å². The maximum Gasteiger partial charge on any atom is 0.320 e. The predicted molar refractivity (Wildman–Crippen MR) is 112 cm³/mol. The van der Waals surface area contributed by atoms with Crippen LogP contribution in [0.25, 0.3) is 0 Å². The first-order chi connectivity index (χ1) is 13.3. The van der Waals surface area contributed by atoms with E-state index in [0.29, 0.717) is 41.1 Å². The SMILES string of the molecule is COc1cc(CNC(CC(C)C)C(=O)O)c(Cl)cc1OCc1ccc(Cl)cc1. The third-order valence-corrected chi connectivity index (χ3v) is 4.79. The third-order valence-electron chi connectivity index (χ3n) is 4.18. The number of aliphatic carboxylic acids is 1. The molecule has 0 amide bonds. The maximum absolute atomic E-state index is 11.4. The van der Waals surface area contributed by atoms with Gasteiger partial charge in [0.25, 0.3) is 0 Å². The van der Waals surface area contributed by atoms with Gasteiger partial charge in [-0.05, 0) is 41.7 Å². The Balaban J connectivity index is 2.09. The lowest BCUT2D eigenvalue weighted by atomic mass is 10.0. The molecule has 1 atom stereocenters. The molecule has 2 aromatic rings. The van der Waals surface area contributed by atoms with Crippen LogP contribution < -0.4 is 14.8 Å². The molecule has 2 aromatic carbocycles. The number of methoxy groups -OCH3 is 1. The van der Waals surface area contributed by atoms with Gasteiger partial charge in [0.2, 0.25) is 0 Å². The van der Waals surface area contributed by atoms with Crippen molar-refractivity contribution in [3.05, 3.63) is 57.6 Å². The number of nitrogens with one attached hydrogen (secondary N) is 1. The fourth-order valence-corrected chi connectivity index (χ4v) is 3.05. The van der Waals surface area contributed by atoms with Crippen molar-refractivity contribution in [2.45, 2.75) is 39.5 Å². The first-order valence-electron chi connectivity index (χ1n) is 9.00. The number of hydrogen-bond donors (Lipinski definition) is 2. The highest BCUT2D eigenvalue weighted by Crippen LogP contribution is 2.34. The largest absolute Gasteiger partial charge is 0.493 e. The maximum atomic E-state index is 11.4. The molecule has 152 valence electrons. The zero-order chi connectivity index (χ0) is 20.7. The molecular formula is C21H25Cl2NO4. The van der Waals surface area contributed by atoms with Gasteiger partial charge < -0.3 is 19.9 Å². The fraction of sp³-hybridized carbons (Fsp3) is 0.381. The van der Waals surface area contributed by atoms with Gasteiger partial charge in [0.1, 0.15) is 12.6 Å². The topological polar surface area (TPSA) is 67.8 Å². The van der Waals surface area contributed by atoms with Crippen molar-refractivity contribution < 1.29 is 19.4 Å². The summed E-state index contributed by atoms with van der Waals surface area (Å²) in [5.41, 5.74) is 1.71. The molecular weight excluding hydrogens is 401 g/mol. The number of ether oxygens (including phenoxy) is 2. The predicted octanol–water partition coefficient (Wildman–Crippen LogP) is 5.17. The lowest BCUT2D eigenvalue weighted by Gasteiger charge is -2.18. The summed E-state index contributed by atoms with van der Waals surface area (Å²) in [5, 5.41) is 13.6. The second-order valence-corrected chi connectivity index (χ2v) is 7.75. The molecule has 0 aliphatic carbocycles. The van der Waals surface area contributed by atoms with Crippen LogP contribution in [0.5, 0.6) is 11.5 Å². The highest BCUT2D eigenvalue weighted by molar-refractivity contribution is 6.31. The molecule has 0 heterocycles. The van der Waals surface area contributed by atoms with Crippen LogP contribution in [0.4, 0.5) is 0 Å². The monoisotopic (exact) mass is 425 g/mol. The molecule has 0 saturated carbocycles. The van der Waals surface area contributed by atoms with E-state index >= 15 is 0 Å². The van der Waals surface area contributed by atoms with Crippen LogP contribution in [0.3, 0.4) is 0 Å². The minimum atomic E-state index is -0.875. The van der Waals surface area contributed by atoms with Crippen LogP contribution in [0.2, 0.25) is 10.0 Å². The van der Waals surface area contributed by atoms with E-state index in [1.54, 1.807) is 31.4 Å². The second kappa shape index (κ2) is 10.6. The molecule has 0 saturated heterocycles. The number of carboxylic acids is 1. The van der Waals surface area contributed by atoms with Crippen LogP contribution in [0, 0.1) is 5.92 Å². The van der Waals surface area contributed by atoms with E-state index in [2.05, 4.69) is 5.32 Å². The Morgan fingerprint density at radius 1 is 1.14 bits per heavy atom. The number of rotatable bonds is 10. The van der Waals surface area contributed by atoms with Crippen molar-refractivity contribution >= 4 is 29.2 Å². The highest BCUT2D eigenvalue weighted by atomic mass is 35.5. The molecule has 0 aliphatic heterocycles. The van der Waals surface area contributed by atoms with Crippen LogP contribution in [-0.4, -0.2) is 24.2 Å². The Hall–Kier alpha value is -1.95. The molecule has 2 rings (SSSR count). The molecule has 28 heavy (non-hydrogen) atoms. The lowest BCUT2D eigenvalue weighted by molar-refractivity contribution is -0.140. The third kappa shape index (κ3) is 6.59. The smallest absolute Gasteiger partial charge is 0.320 e. The Kier molecular flexibility index (Phi) is 8.42. The molecule has 7 heteroatoms. The van der Waals surface area contributed by atoms with E-state index in [-0.39, 0.29) is 5.92 Å². The molecule has 0 fully saturated rings. The summed E-state index contributed by atoms with van der Waals surface area (Å²) >= 11 is 12.3. The van der Waals surface area contributed by atoms with Crippen LogP contribution in [0.1, 0.15) is 31.4 Å². The van der Waals surface area contributed by atoms with Gasteiger partial charge in [-0.1, -0.05) is 49.2 Å². The first kappa shape index (κ1) is 22.3. The Morgan fingerprint density at radius 3 is 2.39 bits per heavy atom. The van der Waals surface area contributed by atoms with E-state index in [4.69, 9.17) is 32.7 Å².